The number of unbranched alkanes of at least 4 members (excludes halogenated alkanes) is 14. The summed E-state index contributed by atoms with van der Waals surface area (Å²) >= 11 is 0. The van der Waals surface area contributed by atoms with E-state index < -0.39 is 18.0 Å². The second-order valence-electron chi connectivity index (χ2n) is 9.27. The highest BCUT2D eigenvalue weighted by atomic mass is 16.5. The summed E-state index contributed by atoms with van der Waals surface area (Å²) in [5.74, 6) is -1.61. The first-order valence-corrected chi connectivity index (χ1v) is 13.2. The van der Waals surface area contributed by atoms with Crippen LogP contribution < -0.4 is 0 Å². The molecule has 0 aromatic heterocycles. The highest BCUT2D eigenvalue weighted by molar-refractivity contribution is 5.86. The fraction of sp³-hybridized carbons (Fsp3) is 0.852. The lowest BCUT2D eigenvalue weighted by atomic mass is 10.0. The van der Waals surface area contributed by atoms with Gasteiger partial charge in [0.25, 0.3) is 0 Å². The average Bonchev–Trinajstić information content (AvgIpc) is 2.80. The van der Waals surface area contributed by atoms with Gasteiger partial charge in [0.15, 0.2) is 0 Å². The van der Waals surface area contributed by atoms with E-state index in [1.807, 2.05) is 0 Å². The van der Waals surface area contributed by atoms with Crippen molar-refractivity contribution < 1.29 is 29.3 Å². The van der Waals surface area contributed by atoms with Gasteiger partial charge in [-0.05, 0) is 13.3 Å². The van der Waals surface area contributed by atoms with Crippen LogP contribution in [-0.4, -0.2) is 48.1 Å². The van der Waals surface area contributed by atoms with E-state index in [0.717, 1.165) is 19.3 Å². The topological polar surface area (TPSA) is 93.1 Å². The van der Waals surface area contributed by atoms with Crippen molar-refractivity contribution in [3.8, 4) is 0 Å². The molecule has 0 heterocycles. The van der Waals surface area contributed by atoms with Crippen molar-refractivity contribution in [1.29, 1.82) is 0 Å². The summed E-state index contributed by atoms with van der Waals surface area (Å²) in [6, 6.07) is 0. The molecular formula is C27H50O6. The molecule has 0 radical (unpaired) electrons. The number of hydrogen-bond acceptors (Lipinski definition) is 6. The van der Waals surface area contributed by atoms with Crippen molar-refractivity contribution in [2.75, 3.05) is 19.8 Å². The maximum Gasteiger partial charge on any atom is 0.333 e. The van der Waals surface area contributed by atoms with Crippen molar-refractivity contribution in [3.05, 3.63) is 12.2 Å². The number of esters is 2. The zero-order valence-electron chi connectivity index (χ0n) is 21.3. The Morgan fingerprint density at radius 1 is 0.758 bits per heavy atom. The molecule has 2 N–H and O–H groups in total. The van der Waals surface area contributed by atoms with Crippen LogP contribution in [0.2, 0.25) is 0 Å². The Morgan fingerprint density at radius 2 is 1.21 bits per heavy atom. The van der Waals surface area contributed by atoms with Crippen molar-refractivity contribution in [3.63, 3.8) is 0 Å². The Kier molecular flexibility index (Phi) is 21.4. The predicted molar refractivity (Wildman–Crippen MR) is 133 cm³/mol. The Morgan fingerprint density at radius 3 is 1.64 bits per heavy atom. The lowest BCUT2D eigenvalue weighted by molar-refractivity contribution is -0.151. The summed E-state index contributed by atoms with van der Waals surface area (Å²) < 4.78 is 10.0. The van der Waals surface area contributed by atoms with Crippen LogP contribution in [0.5, 0.6) is 0 Å². The fourth-order valence-electron chi connectivity index (χ4n) is 3.62. The van der Waals surface area contributed by atoms with Crippen LogP contribution in [-0.2, 0) is 19.1 Å². The monoisotopic (exact) mass is 470 g/mol. The normalized spacial score (nSPS) is 12.8. The molecular weight excluding hydrogens is 420 g/mol. The quantitative estimate of drug-likeness (QED) is 0.110. The van der Waals surface area contributed by atoms with Gasteiger partial charge in [0.1, 0.15) is 6.61 Å². The molecule has 0 saturated carbocycles. The summed E-state index contributed by atoms with van der Waals surface area (Å²) in [7, 11) is 0. The molecule has 0 spiro atoms. The number of carbonyl (C=O) groups is 2. The Hall–Kier alpha value is -1.40. The van der Waals surface area contributed by atoms with Crippen LogP contribution >= 0.6 is 0 Å². The molecule has 194 valence electrons. The molecule has 0 aliphatic rings. The molecule has 0 aromatic carbocycles. The van der Waals surface area contributed by atoms with Gasteiger partial charge >= 0.3 is 11.9 Å². The third-order valence-electron chi connectivity index (χ3n) is 5.96. The Bertz CT molecular complexity index is 505. The fourth-order valence-corrected chi connectivity index (χ4v) is 3.62. The van der Waals surface area contributed by atoms with E-state index in [-0.39, 0.29) is 31.4 Å². The second-order valence-corrected chi connectivity index (χ2v) is 9.27. The summed E-state index contributed by atoms with van der Waals surface area (Å²) in [6.07, 6.45) is 18.3. The molecule has 2 atom stereocenters. The van der Waals surface area contributed by atoms with Crippen LogP contribution in [0.4, 0.5) is 0 Å². The summed E-state index contributed by atoms with van der Waals surface area (Å²) in [5, 5.41) is 19.4. The first-order chi connectivity index (χ1) is 15.9. The Labute approximate surface area is 202 Å². The van der Waals surface area contributed by atoms with Crippen LogP contribution in [0.1, 0.15) is 117 Å². The average molecular weight is 471 g/mol. The van der Waals surface area contributed by atoms with Crippen molar-refractivity contribution in [1.82, 2.24) is 0 Å². The van der Waals surface area contributed by atoms with Crippen LogP contribution in [0.15, 0.2) is 12.2 Å². The molecule has 6 heteroatoms. The minimum absolute atomic E-state index is 0.0974. The molecule has 2 unspecified atom stereocenters. The zero-order chi connectivity index (χ0) is 24.7. The number of aliphatic hydroxyl groups is 2. The van der Waals surface area contributed by atoms with Crippen molar-refractivity contribution >= 4 is 11.9 Å². The van der Waals surface area contributed by atoms with Crippen molar-refractivity contribution in [2.24, 2.45) is 5.92 Å². The molecule has 0 saturated heterocycles. The van der Waals surface area contributed by atoms with Gasteiger partial charge in [-0.2, -0.15) is 0 Å². The van der Waals surface area contributed by atoms with Crippen LogP contribution in [0.3, 0.4) is 0 Å². The molecule has 0 amide bonds. The third kappa shape index (κ3) is 19.7. The molecule has 0 aromatic rings. The number of aliphatic hydroxyl groups excluding tert-OH is 2. The van der Waals surface area contributed by atoms with Gasteiger partial charge in [-0.1, -0.05) is 103 Å². The standard InChI is InChI=1S/C27H50O6/c1-4-5-6-7-8-9-10-11-12-13-14-15-16-17-18-19-26(30)32-21-24(20-28)25(29)22-33-27(31)23(2)3/h24-25,28-29H,2,4-22H2,1,3H3. The highest BCUT2D eigenvalue weighted by Gasteiger charge is 2.22. The van der Waals surface area contributed by atoms with E-state index in [4.69, 9.17) is 9.47 Å². The molecule has 0 aliphatic heterocycles. The second kappa shape index (κ2) is 22.4. The van der Waals surface area contributed by atoms with E-state index in [1.165, 1.54) is 84.0 Å². The van der Waals surface area contributed by atoms with Crippen LogP contribution in [0.25, 0.3) is 0 Å². The summed E-state index contributed by atoms with van der Waals surface area (Å²) in [6.45, 7) is 6.50. The van der Waals surface area contributed by atoms with Gasteiger partial charge in [0.2, 0.25) is 0 Å². The van der Waals surface area contributed by atoms with Gasteiger partial charge in [0.05, 0.1) is 19.3 Å². The number of hydrogen-bond donors (Lipinski definition) is 2. The lowest BCUT2D eigenvalue weighted by Gasteiger charge is -2.20. The van der Waals surface area contributed by atoms with E-state index >= 15 is 0 Å². The maximum atomic E-state index is 11.9. The molecule has 33 heavy (non-hydrogen) atoms. The number of ether oxygens (including phenoxy) is 2. The summed E-state index contributed by atoms with van der Waals surface area (Å²) in [5.41, 5.74) is 0.234. The maximum absolute atomic E-state index is 11.9. The van der Waals surface area contributed by atoms with Gasteiger partial charge in [-0.15, -0.1) is 0 Å². The molecule has 0 aliphatic carbocycles. The van der Waals surface area contributed by atoms with Gasteiger partial charge in [-0.25, -0.2) is 4.79 Å². The van der Waals surface area contributed by atoms with E-state index in [1.54, 1.807) is 0 Å². The smallest absolute Gasteiger partial charge is 0.333 e. The largest absolute Gasteiger partial charge is 0.465 e. The minimum atomic E-state index is -1.10. The highest BCUT2D eigenvalue weighted by Crippen LogP contribution is 2.14. The van der Waals surface area contributed by atoms with E-state index in [9.17, 15) is 19.8 Å². The predicted octanol–water partition coefficient (Wildman–Crippen LogP) is 5.88. The first-order valence-electron chi connectivity index (χ1n) is 13.2. The third-order valence-corrected chi connectivity index (χ3v) is 5.96. The zero-order valence-corrected chi connectivity index (χ0v) is 21.3. The van der Waals surface area contributed by atoms with E-state index in [2.05, 4.69) is 13.5 Å². The van der Waals surface area contributed by atoms with Gasteiger partial charge < -0.3 is 19.7 Å². The minimum Gasteiger partial charge on any atom is -0.465 e. The lowest BCUT2D eigenvalue weighted by Crippen LogP contribution is -2.33. The van der Waals surface area contributed by atoms with Crippen molar-refractivity contribution in [2.45, 2.75) is 123 Å². The number of carbonyl (C=O) groups excluding carboxylic acids is 2. The number of rotatable bonds is 23. The first kappa shape index (κ1) is 31.6. The molecule has 0 bridgehead atoms. The van der Waals surface area contributed by atoms with E-state index in [0.29, 0.717) is 6.42 Å². The van der Waals surface area contributed by atoms with Crippen LogP contribution in [0, 0.1) is 5.92 Å². The summed E-state index contributed by atoms with van der Waals surface area (Å²) in [4.78, 5) is 23.3. The molecule has 0 rings (SSSR count). The Balaban J connectivity index is 3.57. The molecule has 0 fully saturated rings. The molecule has 6 nitrogen and oxygen atoms in total. The van der Waals surface area contributed by atoms with Gasteiger partial charge in [-0.3, -0.25) is 4.79 Å². The SMILES string of the molecule is C=C(C)C(=O)OCC(O)C(CO)COC(=O)CCCCCCCCCCCCCCCCC. The van der Waals surface area contributed by atoms with Gasteiger partial charge in [0, 0.05) is 17.9 Å².